The second-order valence-corrected chi connectivity index (χ2v) is 5.78. The lowest BCUT2D eigenvalue weighted by atomic mass is 9.97. The minimum absolute atomic E-state index is 0.0829. The fraction of sp³-hybridized carbons (Fsp3) is 0.467. The number of likely N-dealkylation sites (tertiary alicyclic amines) is 1. The van der Waals surface area contributed by atoms with Gasteiger partial charge in [0.2, 0.25) is 5.91 Å². The van der Waals surface area contributed by atoms with Crippen molar-refractivity contribution in [3.05, 3.63) is 34.2 Å². The summed E-state index contributed by atoms with van der Waals surface area (Å²) in [7, 11) is 2.05. The van der Waals surface area contributed by atoms with Gasteiger partial charge in [0.25, 0.3) is 0 Å². The van der Waals surface area contributed by atoms with Crippen LogP contribution in [-0.2, 0) is 11.3 Å². The molecule has 0 bridgehead atoms. The lowest BCUT2D eigenvalue weighted by Gasteiger charge is -2.28. The van der Waals surface area contributed by atoms with Gasteiger partial charge in [-0.3, -0.25) is 4.79 Å². The highest BCUT2D eigenvalue weighted by Gasteiger charge is 2.23. The molecule has 1 atom stereocenters. The van der Waals surface area contributed by atoms with E-state index in [1.54, 1.807) is 0 Å². The molecule has 1 aliphatic heterocycles. The van der Waals surface area contributed by atoms with Crippen LogP contribution in [0.3, 0.4) is 0 Å². The summed E-state index contributed by atoms with van der Waals surface area (Å²) in [5.74, 6) is 0.198. The number of fused-ring (bicyclic) bond motifs is 1. The van der Waals surface area contributed by atoms with E-state index in [1.807, 2.05) is 18.2 Å². The third-order valence-corrected chi connectivity index (χ3v) is 4.04. The van der Waals surface area contributed by atoms with Gasteiger partial charge in [0, 0.05) is 13.1 Å². The molecule has 1 amide bonds. The number of nitrogens with zero attached hydrogens (tertiary/aromatic N) is 1. The Balaban J connectivity index is 1.62. The summed E-state index contributed by atoms with van der Waals surface area (Å²) < 4.78 is 0. The average molecular weight is 288 g/mol. The van der Waals surface area contributed by atoms with Crippen LogP contribution < -0.4 is 11.0 Å². The van der Waals surface area contributed by atoms with Crippen LogP contribution in [0.4, 0.5) is 0 Å². The molecule has 2 aromatic rings. The van der Waals surface area contributed by atoms with Crippen molar-refractivity contribution in [1.82, 2.24) is 20.2 Å². The number of carbonyl (C=O) groups is 1. The quantitative estimate of drug-likeness (QED) is 0.782. The minimum Gasteiger partial charge on any atom is -0.352 e. The van der Waals surface area contributed by atoms with Crippen molar-refractivity contribution in [2.24, 2.45) is 5.92 Å². The first-order chi connectivity index (χ1) is 10.1. The summed E-state index contributed by atoms with van der Waals surface area (Å²) in [4.78, 5) is 31.0. The zero-order valence-electron chi connectivity index (χ0n) is 12.1. The van der Waals surface area contributed by atoms with Crippen LogP contribution in [0.25, 0.3) is 11.0 Å². The van der Waals surface area contributed by atoms with Gasteiger partial charge in [-0.25, -0.2) is 4.79 Å². The van der Waals surface area contributed by atoms with Crippen LogP contribution in [0.2, 0.25) is 0 Å². The molecule has 3 rings (SSSR count). The van der Waals surface area contributed by atoms with Crippen LogP contribution in [0.5, 0.6) is 0 Å². The smallest absolute Gasteiger partial charge is 0.323 e. The molecule has 1 aromatic heterocycles. The number of aromatic nitrogens is 2. The molecule has 1 aromatic carbocycles. The highest BCUT2D eigenvalue weighted by atomic mass is 16.2. The monoisotopic (exact) mass is 288 g/mol. The maximum atomic E-state index is 12.2. The van der Waals surface area contributed by atoms with E-state index in [4.69, 9.17) is 0 Å². The fourth-order valence-corrected chi connectivity index (χ4v) is 2.90. The zero-order chi connectivity index (χ0) is 14.8. The molecule has 3 N–H and O–H groups in total. The molecule has 0 spiro atoms. The number of amides is 1. The SMILES string of the molecule is CN1CCCC(C(=O)NCc2ccc3[nH]c(=O)[nH]c3c2)C1. The van der Waals surface area contributed by atoms with Gasteiger partial charge in [-0.1, -0.05) is 6.07 Å². The third-order valence-electron chi connectivity index (χ3n) is 4.04. The Morgan fingerprint density at radius 2 is 2.19 bits per heavy atom. The van der Waals surface area contributed by atoms with Crippen LogP contribution in [0, 0.1) is 5.92 Å². The summed E-state index contributed by atoms with van der Waals surface area (Å²) in [6, 6.07) is 5.66. The highest BCUT2D eigenvalue weighted by Crippen LogP contribution is 2.15. The molecule has 1 unspecified atom stereocenters. The second-order valence-electron chi connectivity index (χ2n) is 5.78. The molecule has 0 saturated carbocycles. The number of benzene rings is 1. The number of hydrogen-bond acceptors (Lipinski definition) is 3. The van der Waals surface area contributed by atoms with Crippen LogP contribution >= 0.6 is 0 Å². The zero-order valence-corrected chi connectivity index (χ0v) is 12.1. The number of nitrogens with one attached hydrogen (secondary N) is 3. The largest absolute Gasteiger partial charge is 0.352 e. The van der Waals surface area contributed by atoms with Gasteiger partial charge in [-0.15, -0.1) is 0 Å². The van der Waals surface area contributed by atoms with Crippen molar-refractivity contribution in [3.63, 3.8) is 0 Å². The number of aromatic amines is 2. The van der Waals surface area contributed by atoms with Crippen molar-refractivity contribution in [2.75, 3.05) is 20.1 Å². The predicted molar refractivity (Wildman–Crippen MR) is 81.0 cm³/mol. The summed E-state index contributed by atoms with van der Waals surface area (Å²) >= 11 is 0. The Kier molecular flexibility index (Phi) is 3.79. The molecule has 2 heterocycles. The second kappa shape index (κ2) is 5.73. The number of imidazole rings is 1. The lowest BCUT2D eigenvalue weighted by molar-refractivity contribution is -0.126. The Morgan fingerprint density at radius 3 is 3.00 bits per heavy atom. The minimum atomic E-state index is -0.212. The molecule has 21 heavy (non-hydrogen) atoms. The molecular weight excluding hydrogens is 268 g/mol. The first kappa shape index (κ1) is 13.9. The van der Waals surface area contributed by atoms with Crippen molar-refractivity contribution in [3.8, 4) is 0 Å². The van der Waals surface area contributed by atoms with Gasteiger partial charge in [0.15, 0.2) is 0 Å². The van der Waals surface area contributed by atoms with Crippen LogP contribution in [0.1, 0.15) is 18.4 Å². The Labute approximate surface area is 122 Å². The van der Waals surface area contributed by atoms with E-state index < -0.39 is 0 Å². The normalized spacial score (nSPS) is 19.8. The number of H-pyrrole nitrogens is 2. The maximum Gasteiger partial charge on any atom is 0.323 e. The number of rotatable bonds is 3. The van der Waals surface area contributed by atoms with E-state index in [0.717, 1.165) is 42.5 Å². The van der Waals surface area contributed by atoms with E-state index >= 15 is 0 Å². The van der Waals surface area contributed by atoms with E-state index in [2.05, 4.69) is 27.2 Å². The summed E-state index contributed by atoms with van der Waals surface area (Å²) in [5.41, 5.74) is 2.32. The standard InChI is InChI=1S/C15H20N4O2/c1-19-6-2-3-11(9-19)14(20)16-8-10-4-5-12-13(7-10)18-15(21)17-12/h4-5,7,11H,2-3,6,8-9H2,1H3,(H,16,20)(H2,17,18,21). The topological polar surface area (TPSA) is 81.0 Å². The van der Waals surface area contributed by atoms with Gasteiger partial charge >= 0.3 is 5.69 Å². The Hall–Kier alpha value is -2.08. The third kappa shape index (κ3) is 3.16. The lowest BCUT2D eigenvalue weighted by Crippen LogP contribution is -2.41. The maximum absolute atomic E-state index is 12.2. The fourth-order valence-electron chi connectivity index (χ4n) is 2.90. The van der Waals surface area contributed by atoms with Crippen molar-refractivity contribution >= 4 is 16.9 Å². The molecular formula is C15H20N4O2. The Bertz CT molecular complexity index is 703. The summed E-state index contributed by atoms with van der Waals surface area (Å²) in [6.45, 7) is 2.39. The molecule has 112 valence electrons. The van der Waals surface area contributed by atoms with E-state index in [-0.39, 0.29) is 17.5 Å². The van der Waals surface area contributed by atoms with Gasteiger partial charge in [-0.05, 0) is 44.1 Å². The molecule has 0 aliphatic carbocycles. The predicted octanol–water partition coefficient (Wildman–Crippen LogP) is 0.814. The van der Waals surface area contributed by atoms with Crippen molar-refractivity contribution in [2.45, 2.75) is 19.4 Å². The number of hydrogen-bond donors (Lipinski definition) is 3. The van der Waals surface area contributed by atoms with Gasteiger partial charge in [0.1, 0.15) is 0 Å². The van der Waals surface area contributed by atoms with Gasteiger partial charge in [-0.2, -0.15) is 0 Å². The van der Waals surface area contributed by atoms with Gasteiger partial charge in [0.05, 0.1) is 17.0 Å². The van der Waals surface area contributed by atoms with Crippen LogP contribution in [-0.4, -0.2) is 40.9 Å². The molecule has 0 radical (unpaired) electrons. The molecule has 6 heteroatoms. The molecule has 6 nitrogen and oxygen atoms in total. The first-order valence-electron chi connectivity index (χ1n) is 7.29. The van der Waals surface area contributed by atoms with Gasteiger partial charge < -0.3 is 20.2 Å². The van der Waals surface area contributed by atoms with E-state index in [0.29, 0.717) is 6.54 Å². The Morgan fingerprint density at radius 1 is 1.38 bits per heavy atom. The average Bonchev–Trinajstić information content (AvgIpc) is 2.84. The summed E-state index contributed by atoms with van der Waals surface area (Å²) in [5, 5.41) is 2.99. The van der Waals surface area contributed by atoms with E-state index in [9.17, 15) is 9.59 Å². The van der Waals surface area contributed by atoms with Crippen molar-refractivity contribution < 1.29 is 4.79 Å². The molecule has 1 fully saturated rings. The number of piperidine rings is 1. The number of carbonyl (C=O) groups excluding carboxylic acids is 1. The first-order valence-corrected chi connectivity index (χ1v) is 7.29. The van der Waals surface area contributed by atoms with E-state index in [1.165, 1.54) is 0 Å². The van der Waals surface area contributed by atoms with Crippen LogP contribution in [0.15, 0.2) is 23.0 Å². The van der Waals surface area contributed by atoms with Crippen molar-refractivity contribution in [1.29, 1.82) is 0 Å². The summed E-state index contributed by atoms with van der Waals surface area (Å²) in [6.07, 6.45) is 2.03. The molecule has 1 saturated heterocycles. The molecule has 1 aliphatic rings. The highest BCUT2D eigenvalue weighted by molar-refractivity contribution is 5.79.